The summed E-state index contributed by atoms with van der Waals surface area (Å²) in [5.41, 5.74) is -0.103. The van der Waals surface area contributed by atoms with E-state index in [9.17, 15) is 14.4 Å². The minimum atomic E-state index is -0.713. The quantitative estimate of drug-likeness (QED) is 0.578. The van der Waals surface area contributed by atoms with Crippen LogP contribution in [-0.4, -0.2) is 30.1 Å². The molecule has 156 valence electrons. The van der Waals surface area contributed by atoms with Crippen molar-refractivity contribution in [1.29, 1.82) is 0 Å². The summed E-state index contributed by atoms with van der Waals surface area (Å²) >= 11 is 13.0. The molecule has 0 saturated heterocycles. The van der Waals surface area contributed by atoms with Crippen LogP contribution in [0.3, 0.4) is 0 Å². The van der Waals surface area contributed by atoms with Crippen molar-refractivity contribution in [3.63, 3.8) is 0 Å². The third-order valence-electron chi connectivity index (χ3n) is 3.61. The molecule has 1 aromatic heterocycles. The van der Waals surface area contributed by atoms with Crippen molar-refractivity contribution in [1.82, 2.24) is 0 Å². The molecule has 6 nitrogen and oxygen atoms in total. The van der Waals surface area contributed by atoms with E-state index in [4.69, 9.17) is 32.7 Å². The van der Waals surface area contributed by atoms with Gasteiger partial charge in [-0.15, -0.1) is 11.3 Å². The Hall–Kier alpha value is -2.09. The predicted molar refractivity (Wildman–Crippen MR) is 115 cm³/mol. The van der Waals surface area contributed by atoms with Crippen LogP contribution in [0.25, 0.3) is 0 Å². The molecule has 0 aliphatic carbocycles. The number of carbonyl (C=O) groups excluding carboxylic acids is 3. The second kappa shape index (κ2) is 9.15. The summed E-state index contributed by atoms with van der Waals surface area (Å²) in [4.78, 5) is 38.0. The highest BCUT2D eigenvalue weighted by Gasteiger charge is 2.29. The van der Waals surface area contributed by atoms with Gasteiger partial charge in [0, 0.05) is 5.02 Å². The average Bonchev–Trinajstić information content (AvgIpc) is 2.92. The zero-order chi connectivity index (χ0) is 21.9. The third-order valence-corrected chi connectivity index (χ3v) is 5.36. The molecule has 0 saturated carbocycles. The fourth-order valence-electron chi connectivity index (χ4n) is 2.41. The van der Waals surface area contributed by atoms with E-state index in [1.165, 1.54) is 12.1 Å². The summed E-state index contributed by atoms with van der Waals surface area (Å²) in [7, 11) is 0. The van der Waals surface area contributed by atoms with Crippen molar-refractivity contribution < 1.29 is 23.9 Å². The highest BCUT2D eigenvalue weighted by molar-refractivity contribution is 7.18. The molecule has 0 aliphatic rings. The number of nitrogens with one attached hydrogen (secondary N) is 1. The number of benzene rings is 1. The van der Waals surface area contributed by atoms with Crippen molar-refractivity contribution in [3.8, 4) is 0 Å². The van der Waals surface area contributed by atoms with Crippen LogP contribution in [0.15, 0.2) is 18.2 Å². The fraction of sp³-hybridized carbons (Fsp3) is 0.350. The first kappa shape index (κ1) is 23.2. The van der Waals surface area contributed by atoms with E-state index < -0.39 is 23.4 Å². The maximum absolute atomic E-state index is 12.7. The van der Waals surface area contributed by atoms with E-state index in [1.54, 1.807) is 40.7 Å². The normalized spacial score (nSPS) is 11.1. The van der Waals surface area contributed by atoms with Crippen LogP contribution >= 0.6 is 34.5 Å². The van der Waals surface area contributed by atoms with Crippen LogP contribution in [0.4, 0.5) is 5.00 Å². The average molecular weight is 458 g/mol. The van der Waals surface area contributed by atoms with E-state index in [0.29, 0.717) is 10.6 Å². The number of thiophene rings is 1. The molecular weight excluding hydrogens is 437 g/mol. The molecule has 0 fully saturated rings. The fourth-order valence-corrected chi connectivity index (χ4v) is 3.85. The number of rotatable bonds is 5. The first-order valence-corrected chi connectivity index (χ1v) is 10.3. The van der Waals surface area contributed by atoms with Gasteiger partial charge in [-0.2, -0.15) is 0 Å². The second-order valence-corrected chi connectivity index (χ2v) is 8.93. The molecule has 2 aromatic rings. The summed E-state index contributed by atoms with van der Waals surface area (Å²) in [6, 6.07) is 4.47. The minimum Gasteiger partial charge on any atom is -0.462 e. The lowest BCUT2D eigenvalue weighted by atomic mass is 10.1. The van der Waals surface area contributed by atoms with Gasteiger partial charge in [0.15, 0.2) is 0 Å². The lowest BCUT2D eigenvalue weighted by molar-refractivity contribution is 0.00744. The number of amides is 1. The third kappa shape index (κ3) is 5.72. The van der Waals surface area contributed by atoms with Gasteiger partial charge >= 0.3 is 11.9 Å². The van der Waals surface area contributed by atoms with Gasteiger partial charge in [0.2, 0.25) is 0 Å². The number of hydrogen-bond acceptors (Lipinski definition) is 6. The van der Waals surface area contributed by atoms with Gasteiger partial charge in [-0.25, -0.2) is 9.59 Å². The summed E-state index contributed by atoms with van der Waals surface area (Å²) in [6.07, 6.45) is 0. The number of anilines is 1. The molecule has 1 amide bonds. The van der Waals surface area contributed by atoms with Crippen molar-refractivity contribution >= 4 is 57.4 Å². The SMILES string of the molecule is CCOC(=O)c1c(NC(=O)c2cc(Cl)ccc2Cl)sc(C(=O)OC(C)(C)C)c1C. The van der Waals surface area contributed by atoms with Gasteiger partial charge in [0.25, 0.3) is 5.91 Å². The Bertz CT molecular complexity index is 963. The minimum absolute atomic E-state index is 0.101. The molecule has 1 heterocycles. The van der Waals surface area contributed by atoms with Crippen molar-refractivity contribution in [2.45, 2.75) is 40.2 Å². The number of esters is 2. The number of ether oxygens (including phenoxy) is 2. The van der Waals surface area contributed by atoms with E-state index in [0.717, 1.165) is 11.3 Å². The number of hydrogen-bond donors (Lipinski definition) is 1. The first-order valence-electron chi connectivity index (χ1n) is 8.74. The van der Waals surface area contributed by atoms with Gasteiger partial charge in [0.05, 0.1) is 22.8 Å². The summed E-state index contributed by atoms with van der Waals surface area (Å²) in [5, 5.41) is 3.34. The molecule has 9 heteroatoms. The molecule has 0 unspecified atom stereocenters. The van der Waals surface area contributed by atoms with Crippen molar-refractivity contribution in [2.75, 3.05) is 11.9 Å². The Kier molecular flexibility index (Phi) is 7.32. The first-order chi connectivity index (χ1) is 13.4. The van der Waals surface area contributed by atoms with Crippen LogP contribution in [0.1, 0.15) is 63.6 Å². The topological polar surface area (TPSA) is 81.7 Å². The van der Waals surface area contributed by atoms with Crippen molar-refractivity contribution in [3.05, 3.63) is 49.8 Å². The molecular formula is C20H21Cl2NO5S. The van der Waals surface area contributed by atoms with Gasteiger partial charge in [-0.3, -0.25) is 4.79 Å². The van der Waals surface area contributed by atoms with E-state index in [2.05, 4.69) is 5.32 Å². The Labute approximate surface area is 183 Å². The molecule has 0 radical (unpaired) electrons. The molecule has 0 aliphatic heterocycles. The maximum Gasteiger partial charge on any atom is 0.349 e. The number of carbonyl (C=O) groups is 3. The van der Waals surface area contributed by atoms with Gasteiger partial charge in [-0.1, -0.05) is 23.2 Å². The number of halogens is 2. The van der Waals surface area contributed by atoms with Crippen LogP contribution in [0.5, 0.6) is 0 Å². The Morgan fingerprint density at radius 3 is 2.38 bits per heavy atom. The molecule has 0 spiro atoms. The van der Waals surface area contributed by atoms with Crippen molar-refractivity contribution in [2.24, 2.45) is 0 Å². The summed E-state index contributed by atoms with van der Waals surface area (Å²) in [5.74, 6) is -1.81. The van der Waals surface area contributed by atoms with Crippen LogP contribution in [0, 0.1) is 6.92 Å². The molecule has 1 aromatic carbocycles. The highest BCUT2D eigenvalue weighted by atomic mass is 35.5. The largest absolute Gasteiger partial charge is 0.462 e. The lowest BCUT2D eigenvalue weighted by Gasteiger charge is -2.19. The van der Waals surface area contributed by atoms with E-state index in [-0.39, 0.29) is 32.6 Å². The standard InChI is InChI=1S/C20H21Cl2NO5S/c1-6-27-18(25)14-10(2)15(19(26)28-20(3,4)5)29-17(14)23-16(24)12-9-11(21)7-8-13(12)22/h7-9H,6H2,1-5H3,(H,23,24). The van der Waals surface area contributed by atoms with Gasteiger partial charge in [0.1, 0.15) is 15.5 Å². The maximum atomic E-state index is 12.7. The molecule has 2 rings (SSSR count). The Balaban J connectivity index is 2.47. The lowest BCUT2D eigenvalue weighted by Crippen LogP contribution is -2.23. The smallest absolute Gasteiger partial charge is 0.349 e. The predicted octanol–water partition coefficient (Wildman–Crippen LogP) is 5.75. The van der Waals surface area contributed by atoms with Crippen LogP contribution in [-0.2, 0) is 9.47 Å². The van der Waals surface area contributed by atoms with E-state index in [1.807, 2.05) is 0 Å². The molecule has 0 bridgehead atoms. The summed E-state index contributed by atoms with van der Waals surface area (Å²) in [6.45, 7) is 8.63. The monoisotopic (exact) mass is 457 g/mol. The van der Waals surface area contributed by atoms with Crippen LogP contribution < -0.4 is 5.32 Å². The molecule has 1 N–H and O–H groups in total. The zero-order valence-electron chi connectivity index (χ0n) is 16.6. The van der Waals surface area contributed by atoms with E-state index >= 15 is 0 Å². The second-order valence-electron chi connectivity index (χ2n) is 7.06. The highest BCUT2D eigenvalue weighted by Crippen LogP contribution is 2.35. The zero-order valence-corrected chi connectivity index (χ0v) is 19.0. The molecule has 29 heavy (non-hydrogen) atoms. The molecule has 0 atom stereocenters. The summed E-state index contributed by atoms with van der Waals surface area (Å²) < 4.78 is 10.5. The van der Waals surface area contributed by atoms with Crippen LogP contribution in [0.2, 0.25) is 10.0 Å². The Morgan fingerprint density at radius 2 is 1.79 bits per heavy atom. The Morgan fingerprint density at radius 1 is 1.14 bits per heavy atom. The van der Waals surface area contributed by atoms with Gasteiger partial charge < -0.3 is 14.8 Å². The van der Waals surface area contributed by atoms with Gasteiger partial charge in [-0.05, 0) is 58.4 Å².